The van der Waals surface area contributed by atoms with Gasteiger partial charge in [0.25, 0.3) is 0 Å². The average molecular weight is 340 g/mol. The van der Waals surface area contributed by atoms with Crippen molar-refractivity contribution in [2.24, 2.45) is 7.05 Å². The molecule has 2 aromatic heterocycles. The lowest BCUT2D eigenvalue weighted by Gasteiger charge is -2.34. The smallest absolute Gasteiger partial charge is 0.338 e. The first kappa shape index (κ1) is 16.7. The van der Waals surface area contributed by atoms with Crippen LogP contribution in [0.4, 0.5) is 19.1 Å². The van der Waals surface area contributed by atoms with Gasteiger partial charge in [-0.15, -0.1) is 0 Å². The lowest BCUT2D eigenvalue weighted by molar-refractivity contribution is -0.141. The van der Waals surface area contributed by atoms with Crippen LogP contribution in [0.2, 0.25) is 0 Å². The van der Waals surface area contributed by atoms with Gasteiger partial charge >= 0.3 is 6.18 Å². The number of imidazole rings is 1. The van der Waals surface area contributed by atoms with Crippen LogP contribution in [0.5, 0.6) is 0 Å². The van der Waals surface area contributed by atoms with Gasteiger partial charge in [0, 0.05) is 51.3 Å². The van der Waals surface area contributed by atoms with E-state index in [-0.39, 0.29) is 5.95 Å². The number of piperazine rings is 1. The molecule has 0 amide bonds. The van der Waals surface area contributed by atoms with Crippen LogP contribution in [0, 0.1) is 6.92 Å². The predicted molar refractivity (Wildman–Crippen MR) is 82.5 cm³/mol. The van der Waals surface area contributed by atoms with Crippen molar-refractivity contribution in [1.82, 2.24) is 24.4 Å². The van der Waals surface area contributed by atoms with Gasteiger partial charge in [-0.05, 0) is 13.0 Å². The number of hydrogen-bond donors (Lipinski definition) is 0. The Labute approximate surface area is 137 Å². The number of alkyl halides is 3. The molecule has 6 nitrogen and oxygen atoms in total. The minimum atomic E-state index is -4.46. The van der Waals surface area contributed by atoms with Gasteiger partial charge in [0.15, 0.2) is 0 Å². The molecule has 1 aliphatic heterocycles. The molecule has 24 heavy (non-hydrogen) atoms. The van der Waals surface area contributed by atoms with E-state index in [9.17, 15) is 13.2 Å². The van der Waals surface area contributed by atoms with Crippen molar-refractivity contribution in [1.29, 1.82) is 0 Å². The molecule has 2 aromatic rings. The summed E-state index contributed by atoms with van der Waals surface area (Å²) < 4.78 is 40.7. The van der Waals surface area contributed by atoms with Gasteiger partial charge in [0.05, 0.1) is 6.54 Å². The molecule has 130 valence electrons. The van der Waals surface area contributed by atoms with Gasteiger partial charge in [-0.25, -0.2) is 15.0 Å². The summed E-state index contributed by atoms with van der Waals surface area (Å²) in [4.78, 5) is 16.2. The van der Waals surface area contributed by atoms with Crippen molar-refractivity contribution in [2.75, 3.05) is 31.1 Å². The fraction of sp³-hybridized carbons (Fsp3) is 0.533. The maximum absolute atomic E-state index is 12.9. The fourth-order valence-electron chi connectivity index (χ4n) is 2.69. The molecule has 0 atom stereocenters. The summed E-state index contributed by atoms with van der Waals surface area (Å²) >= 11 is 0. The molecule has 1 fully saturated rings. The Balaban J connectivity index is 1.66. The Hall–Kier alpha value is -2.16. The third-order valence-electron chi connectivity index (χ3n) is 4.07. The van der Waals surface area contributed by atoms with Crippen LogP contribution in [0.3, 0.4) is 0 Å². The van der Waals surface area contributed by atoms with Gasteiger partial charge in [0.1, 0.15) is 11.5 Å². The summed E-state index contributed by atoms with van der Waals surface area (Å²) in [5.74, 6) is 1.12. The Kier molecular flexibility index (Phi) is 4.44. The van der Waals surface area contributed by atoms with E-state index in [2.05, 4.69) is 19.9 Å². The van der Waals surface area contributed by atoms with Crippen molar-refractivity contribution >= 4 is 5.95 Å². The van der Waals surface area contributed by atoms with Gasteiger partial charge < -0.3 is 9.47 Å². The highest BCUT2D eigenvalue weighted by molar-refractivity contribution is 5.33. The number of anilines is 1. The van der Waals surface area contributed by atoms with Crippen LogP contribution in [0.15, 0.2) is 18.5 Å². The van der Waals surface area contributed by atoms with Crippen LogP contribution in [0.25, 0.3) is 0 Å². The summed E-state index contributed by atoms with van der Waals surface area (Å²) in [6.45, 7) is 4.91. The van der Waals surface area contributed by atoms with Crippen LogP contribution in [-0.4, -0.2) is 50.6 Å². The van der Waals surface area contributed by atoms with Gasteiger partial charge in [0.2, 0.25) is 5.95 Å². The quantitative estimate of drug-likeness (QED) is 0.854. The lowest BCUT2D eigenvalue weighted by Crippen LogP contribution is -2.47. The topological polar surface area (TPSA) is 50.1 Å². The van der Waals surface area contributed by atoms with Crippen LogP contribution in [-0.2, 0) is 19.8 Å². The Morgan fingerprint density at radius 3 is 2.42 bits per heavy atom. The van der Waals surface area contributed by atoms with Gasteiger partial charge in [-0.1, -0.05) is 0 Å². The highest BCUT2D eigenvalue weighted by Crippen LogP contribution is 2.29. The van der Waals surface area contributed by atoms with Crippen LogP contribution < -0.4 is 4.90 Å². The molecule has 0 aliphatic carbocycles. The van der Waals surface area contributed by atoms with E-state index in [0.717, 1.165) is 31.5 Å². The summed E-state index contributed by atoms with van der Waals surface area (Å²) in [5.41, 5.74) is -0.566. The molecular formula is C15H19F3N6. The molecule has 3 heterocycles. The Bertz CT molecular complexity index is 703. The van der Waals surface area contributed by atoms with E-state index < -0.39 is 11.9 Å². The summed E-state index contributed by atoms with van der Waals surface area (Å²) in [7, 11) is 1.94. The van der Waals surface area contributed by atoms with E-state index >= 15 is 0 Å². The van der Waals surface area contributed by atoms with Crippen molar-refractivity contribution in [3.8, 4) is 0 Å². The molecule has 0 aromatic carbocycles. The first-order valence-electron chi connectivity index (χ1n) is 7.69. The molecule has 9 heteroatoms. The number of halogens is 3. The predicted octanol–water partition coefficient (Wildman–Crippen LogP) is 1.86. The van der Waals surface area contributed by atoms with Gasteiger partial charge in [-0.3, -0.25) is 4.90 Å². The van der Waals surface area contributed by atoms with E-state index in [1.165, 1.54) is 0 Å². The molecule has 0 spiro atoms. The molecule has 0 radical (unpaired) electrons. The molecule has 0 saturated carbocycles. The molecule has 1 aliphatic rings. The normalized spacial score (nSPS) is 16.6. The van der Waals surface area contributed by atoms with E-state index in [1.54, 1.807) is 18.0 Å². The molecule has 1 saturated heterocycles. The Morgan fingerprint density at radius 2 is 1.83 bits per heavy atom. The number of hydrogen-bond acceptors (Lipinski definition) is 5. The monoisotopic (exact) mass is 340 g/mol. The molecular weight excluding hydrogens is 321 g/mol. The summed E-state index contributed by atoms with van der Waals surface area (Å²) in [6.07, 6.45) is -0.807. The highest BCUT2D eigenvalue weighted by Gasteiger charge is 2.34. The zero-order valence-corrected chi connectivity index (χ0v) is 13.6. The third-order valence-corrected chi connectivity index (χ3v) is 4.07. The minimum Gasteiger partial charge on any atom is -0.338 e. The van der Waals surface area contributed by atoms with Crippen molar-refractivity contribution in [3.05, 3.63) is 35.7 Å². The second-order valence-corrected chi connectivity index (χ2v) is 5.91. The maximum atomic E-state index is 12.9. The number of nitrogens with zero attached hydrogens (tertiary/aromatic N) is 6. The summed E-state index contributed by atoms with van der Waals surface area (Å²) in [6, 6.07) is 0.973. The molecule has 0 unspecified atom stereocenters. The molecule has 3 rings (SSSR count). The first-order chi connectivity index (χ1) is 11.3. The zero-order valence-electron chi connectivity index (χ0n) is 13.6. The lowest BCUT2D eigenvalue weighted by atomic mass is 10.3. The SMILES string of the molecule is Cc1cc(C(F)(F)F)nc(N2CCN(Cc3nccn3C)CC2)n1. The molecule has 0 bridgehead atoms. The Morgan fingerprint density at radius 1 is 1.12 bits per heavy atom. The second kappa shape index (κ2) is 6.39. The van der Waals surface area contributed by atoms with Crippen molar-refractivity contribution in [3.63, 3.8) is 0 Å². The van der Waals surface area contributed by atoms with Gasteiger partial charge in [-0.2, -0.15) is 13.2 Å². The fourth-order valence-corrected chi connectivity index (χ4v) is 2.69. The van der Waals surface area contributed by atoms with E-state index in [1.807, 2.05) is 17.8 Å². The highest BCUT2D eigenvalue weighted by atomic mass is 19.4. The standard InChI is InChI=1S/C15H19F3N6/c1-11-9-12(15(16,17)18)21-14(20-11)24-7-5-23(6-8-24)10-13-19-3-4-22(13)2/h3-4,9H,5-8,10H2,1-2H3. The summed E-state index contributed by atoms with van der Waals surface area (Å²) in [5, 5.41) is 0. The number of aromatic nitrogens is 4. The van der Waals surface area contributed by atoms with E-state index in [4.69, 9.17) is 0 Å². The minimum absolute atomic E-state index is 0.152. The first-order valence-corrected chi connectivity index (χ1v) is 7.69. The molecule has 0 N–H and O–H groups in total. The number of rotatable bonds is 3. The van der Waals surface area contributed by atoms with E-state index in [0.29, 0.717) is 18.8 Å². The van der Waals surface area contributed by atoms with Crippen LogP contribution in [0.1, 0.15) is 17.2 Å². The van der Waals surface area contributed by atoms with Crippen LogP contribution >= 0.6 is 0 Å². The average Bonchev–Trinajstić information content (AvgIpc) is 2.92. The largest absolute Gasteiger partial charge is 0.433 e. The second-order valence-electron chi connectivity index (χ2n) is 5.91. The zero-order chi connectivity index (χ0) is 17.3. The third kappa shape index (κ3) is 3.66. The van der Waals surface area contributed by atoms with Crippen molar-refractivity contribution in [2.45, 2.75) is 19.6 Å². The van der Waals surface area contributed by atoms with Crippen molar-refractivity contribution < 1.29 is 13.2 Å². The number of aryl methyl sites for hydroxylation is 2. The maximum Gasteiger partial charge on any atom is 0.433 e.